The normalized spacial score (nSPS) is 11.7. The third-order valence-corrected chi connectivity index (χ3v) is 3.09. The second-order valence-corrected chi connectivity index (χ2v) is 4.37. The number of rotatable bonds is 3. The lowest BCUT2D eigenvalue weighted by Gasteiger charge is -2.07. The molecule has 0 saturated heterocycles. The summed E-state index contributed by atoms with van der Waals surface area (Å²) < 4.78 is 44.7. The lowest BCUT2D eigenvalue weighted by molar-refractivity contribution is -0.137. The van der Waals surface area contributed by atoms with E-state index in [0.717, 1.165) is 12.1 Å². The van der Waals surface area contributed by atoms with Crippen LogP contribution < -0.4 is 0 Å². The van der Waals surface area contributed by atoms with Gasteiger partial charge in [0.1, 0.15) is 0 Å². The number of carbonyl (C=O) groups is 2. The second-order valence-electron chi connectivity index (χ2n) is 4.37. The Hall–Kier alpha value is -2.31. The first-order valence-electron chi connectivity index (χ1n) is 6.14. The molecule has 0 N–H and O–H groups in total. The Bertz CT molecular complexity index is 716. The quantitative estimate of drug-likeness (QED) is 0.497. The molecule has 7 heteroatoms. The number of esters is 1. The van der Waals surface area contributed by atoms with Gasteiger partial charge in [-0.25, -0.2) is 4.79 Å². The predicted molar refractivity (Wildman–Crippen MR) is 68.9 cm³/mol. The van der Waals surface area contributed by atoms with Gasteiger partial charge in [-0.15, -0.1) is 0 Å². The molecule has 1 aromatic heterocycles. The standard InChI is InChI=1S/C14H12F3NO3/c1-3-21-13(20)12(19)11-7-8-9(14(15,16)17)5-4-6-10(8)18(11)2/h4-7H,3H2,1-2H3. The van der Waals surface area contributed by atoms with E-state index in [9.17, 15) is 22.8 Å². The summed E-state index contributed by atoms with van der Waals surface area (Å²) in [6.07, 6.45) is -4.54. The smallest absolute Gasteiger partial charge is 0.417 e. The van der Waals surface area contributed by atoms with E-state index in [2.05, 4.69) is 4.74 Å². The maximum atomic E-state index is 13.0. The lowest BCUT2D eigenvalue weighted by Crippen LogP contribution is -2.19. The number of hydrogen-bond donors (Lipinski definition) is 0. The summed E-state index contributed by atoms with van der Waals surface area (Å²) >= 11 is 0. The number of Topliss-reactive ketones (excluding diaryl/α,β-unsaturated/α-hetero) is 1. The van der Waals surface area contributed by atoms with Crippen LogP contribution >= 0.6 is 0 Å². The lowest BCUT2D eigenvalue weighted by atomic mass is 10.1. The van der Waals surface area contributed by atoms with Crippen LogP contribution in [-0.2, 0) is 22.8 Å². The molecule has 2 aromatic rings. The van der Waals surface area contributed by atoms with E-state index in [0.29, 0.717) is 0 Å². The van der Waals surface area contributed by atoms with Gasteiger partial charge in [0, 0.05) is 18.0 Å². The van der Waals surface area contributed by atoms with Crippen LogP contribution in [0.15, 0.2) is 24.3 Å². The largest absolute Gasteiger partial charge is 0.460 e. The van der Waals surface area contributed by atoms with Crippen LogP contribution in [0.2, 0.25) is 0 Å². The van der Waals surface area contributed by atoms with Crippen molar-refractivity contribution in [2.45, 2.75) is 13.1 Å². The van der Waals surface area contributed by atoms with Crippen LogP contribution in [0, 0.1) is 0 Å². The minimum atomic E-state index is -4.54. The molecule has 4 nitrogen and oxygen atoms in total. The Kier molecular flexibility index (Phi) is 3.76. The summed E-state index contributed by atoms with van der Waals surface area (Å²) in [7, 11) is 1.43. The summed E-state index contributed by atoms with van der Waals surface area (Å²) in [5.41, 5.74) is -0.767. The molecule has 1 aromatic carbocycles. The molecule has 0 aliphatic carbocycles. The Morgan fingerprint density at radius 2 is 1.95 bits per heavy atom. The summed E-state index contributed by atoms with van der Waals surface area (Å²) in [4.78, 5) is 23.4. The Morgan fingerprint density at radius 1 is 1.29 bits per heavy atom. The van der Waals surface area contributed by atoms with Crippen molar-refractivity contribution in [3.05, 3.63) is 35.5 Å². The first kappa shape index (κ1) is 15.1. The number of carbonyl (C=O) groups excluding carboxylic acids is 2. The molecule has 112 valence electrons. The predicted octanol–water partition coefficient (Wildman–Crippen LogP) is 2.94. The number of ketones is 1. The van der Waals surface area contributed by atoms with Crippen molar-refractivity contribution in [1.29, 1.82) is 0 Å². The highest BCUT2D eigenvalue weighted by Crippen LogP contribution is 2.35. The van der Waals surface area contributed by atoms with Crippen molar-refractivity contribution in [1.82, 2.24) is 4.57 Å². The highest BCUT2D eigenvalue weighted by Gasteiger charge is 2.34. The number of hydrogen-bond acceptors (Lipinski definition) is 3. The van der Waals surface area contributed by atoms with Crippen molar-refractivity contribution in [3.8, 4) is 0 Å². The van der Waals surface area contributed by atoms with E-state index in [-0.39, 0.29) is 23.2 Å². The number of ether oxygens (including phenoxy) is 1. The van der Waals surface area contributed by atoms with Crippen LogP contribution in [0.1, 0.15) is 23.0 Å². The molecule has 0 unspecified atom stereocenters. The number of aryl methyl sites for hydroxylation is 1. The summed E-state index contributed by atoms with van der Waals surface area (Å²) in [5.74, 6) is -2.05. The van der Waals surface area contributed by atoms with Crippen LogP contribution in [0.4, 0.5) is 13.2 Å². The molecular weight excluding hydrogens is 287 g/mol. The molecule has 0 bridgehead atoms. The van der Waals surface area contributed by atoms with Gasteiger partial charge in [0.25, 0.3) is 5.78 Å². The van der Waals surface area contributed by atoms with Crippen molar-refractivity contribution >= 4 is 22.7 Å². The van der Waals surface area contributed by atoms with Gasteiger partial charge in [-0.05, 0) is 25.1 Å². The molecule has 0 aliphatic heterocycles. The van der Waals surface area contributed by atoms with Gasteiger partial charge in [0.2, 0.25) is 0 Å². The van der Waals surface area contributed by atoms with Gasteiger partial charge in [-0.3, -0.25) is 4.79 Å². The summed E-state index contributed by atoms with van der Waals surface area (Å²) in [6.45, 7) is 1.55. The van der Waals surface area contributed by atoms with E-state index >= 15 is 0 Å². The van der Waals surface area contributed by atoms with E-state index in [1.807, 2.05) is 0 Å². The molecule has 0 spiro atoms. The van der Waals surface area contributed by atoms with E-state index in [1.54, 1.807) is 0 Å². The SMILES string of the molecule is CCOC(=O)C(=O)c1cc2c(C(F)(F)F)cccc2n1C. The monoisotopic (exact) mass is 299 g/mol. The average molecular weight is 299 g/mol. The number of fused-ring (bicyclic) bond motifs is 1. The minimum Gasteiger partial charge on any atom is -0.460 e. The van der Waals surface area contributed by atoms with E-state index in [1.165, 1.54) is 30.7 Å². The molecule has 21 heavy (non-hydrogen) atoms. The molecule has 0 atom stereocenters. The van der Waals surface area contributed by atoms with Gasteiger partial charge in [0.05, 0.1) is 17.9 Å². The fourth-order valence-electron chi connectivity index (χ4n) is 2.13. The maximum absolute atomic E-state index is 13.0. The zero-order valence-corrected chi connectivity index (χ0v) is 11.3. The van der Waals surface area contributed by atoms with Crippen LogP contribution in [0.5, 0.6) is 0 Å². The zero-order valence-electron chi connectivity index (χ0n) is 11.3. The first-order valence-corrected chi connectivity index (χ1v) is 6.14. The fraction of sp³-hybridized carbons (Fsp3) is 0.286. The molecule has 0 amide bonds. The third-order valence-electron chi connectivity index (χ3n) is 3.09. The Balaban J connectivity index is 2.61. The summed E-state index contributed by atoms with van der Waals surface area (Å²) in [6, 6.07) is 4.70. The van der Waals surface area contributed by atoms with Crippen molar-refractivity contribution < 1.29 is 27.5 Å². The van der Waals surface area contributed by atoms with Gasteiger partial charge in [-0.1, -0.05) is 6.07 Å². The van der Waals surface area contributed by atoms with Crippen LogP contribution in [-0.4, -0.2) is 22.9 Å². The molecule has 1 heterocycles. The van der Waals surface area contributed by atoms with Gasteiger partial charge in [-0.2, -0.15) is 13.2 Å². The molecule has 0 saturated carbocycles. The average Bonchev–Trinajstić information content (AvgIpc) is 2.74. The van der Waals surface area contributed by atoms with Crippen molar-refractivity contribution in [2.24, 2.45) is 7.05 Å². The number of alkyl halides is 3. The van der Waals surface area contributed by atoms with E-state index < -0.39 is 23.5 Å². The van der Waals surface area contributed by atoms with Gasteiger partial charge in [0.15, 0.2) is 0 Å². The maximum Gasteiger partial charge on any atom is 0.417 e. The van der Waals surface area contributed by atoms with Crippen molar-refractivity contribution in [3.63, 3.8) is 0 Å². The molecule has 2 rings (SSSR count). The Labute approximate surface area is 118 Å². The molecule has 0 aliphatic rings. The van der Waals surface area contributed by atoms with Crippen LogP contribution in [0.3, 0.4) is 0 Å². The van der Waals surface area contributed by atoms with Gasteiger partial charge >= 0.3 is 12.1 Å². The second kappa shape index (κ2) is 5.23. The van der Waals surface area contributed by atoms with E-state index in [4.69, 9.17) is 0 Å². The van der Waals surface area contributed by atoms with Crippen molar-refractivity contribution in [2.75, 3.05) is 6.61 Å². The highest BCUT2D eigenvalue weighted by molar-refractivity contribution is 6.40. The number of aromatic nitrogens is 1. The number of halogens is 3. The molecular formula is C14H12F3NO3. The number of nitrogens with zero attached hydrogens (tertiary/aromatic N) is 1. The highest BCUT2D eigenvalue weighted by atomic mass is 19.4. The molecule has 0 radical (unpaired) electrons. The zero-order chi connectivity index (χ0) is 15.8. The van der Waals surface area contributed by atoms with Gasteiger partial charge < -0.3 is 9.30 Å². The first-order chi connectivity index (χ1) is 9.77. The third kappa shape index (κ3) is 2.63. The Morgan fingerprint density at radius 3 is 2.52 bits per heavy atom. The summed E-state index contributed by atoms with van der Waals surface area (Å²) in [5, 5.41) is -0.125. The molecule has 0 fully saturated rings. The fourth-order valence-corrected chi connectivity index (χ4v) is 2.13. The minimum absolute atomic E-state index is 0.0162. The topological polar surface area (TPSA) is 48.3 Å². The number of benzene rings is 1. The van der Waals surface area contributed by atoms with Crippen LogP contribution in [0.25, 0.3) is 10.9 Å².